The Balaban J connectivity index is 2.35. The predicted molar refractivity (Wildman–Crippen MR) is 41.2 cm³/mol. The molecule has 1 saturated carbocycles. The largest absolute Gasteiger partial charge is 0.395 e. The Hall–Kier alpha value is -0.830. The van der Waals surface area contributed by atoms with Crippen LogP contribution in [0.5, 0.6) is 0 Å². The van der Waals surface area contributed by atoms with Gasteiger partial charge in [-0.25, -0.2) is 4.98 Å². The van der Waals surface area contributed by atoms with Crippen molar-refractivity contribution in [1.29, 1.82) is 0 Å². The molecule has 0 radical (unpaired) electrons. The van der Waals surface area contributed by atoms with Crippen LogP contribution >= 0.6 is 0 Å². The molecule has 1 aliphatic rings. The van der Waals surface area contributed by atoms with Crippen molar-refractivity contribution in [2.45, 2.75) is 18.3 Å². The average Bonchev–Trinajstić information content (AvgIpc) is 2.70. The van der Waals surface area contributed by atoms with Gasteiger partial charge in [0.1, 0.15) is 0 Å². The van der Waals surface area contributed by atoms with Crippen LogP contribution in [-0.2, 0) is 12.5 Å². The van der Waals surface area contributed by atoms with Crippen LogP contribution < -0.4 is 0 Å². The van der Waals surface area contributed by atoms with Crippen molar-refractivity contribution in [1.82, 2.24) is 9.55 Å². The van der Waals surface area contributed by atoms with Crippen LogP contribution in [0.3, 0.4) is 0 Å². The van der Waals surface area contributed by atoms with Crippen LogP contribution in [0.25, 0.3) is 0 Å². The molecule has 3 heteroatoms. The highest BCUT2D eigenvalue weighted by molar-refractivity contribution is 5.23. The number of aryl methyl sites for hydroxylation is 1. The van der Waals surface area contributed by atoms with E-state index < -0.39 is 0 Å². The maximum Gasteiger partial charge on any atom is 0.0945 e. The first-order valence-electron chi connectivity index (χ1n) is 3.86. The number of aliphatic hydroxyl groups excluding tert-OH is 1. The van der Waals surface area contributed by atoms with Crippen LogP contribution in [0.2, 0.25) is 0 Å². The molecule has 2 rings (SSSR count). The first-order chi connectivity index (χ1) is 5.28. The van der Waals surface area contributed by atoms with Crippen molar-refractivity contribution in [2.75, 3.05) is 6.61 Å². The van der Waals surface area contributed by atoms with Gasteiger partial charge in [0.05, 0.1) is 12.9 Å². The summed E-state index contributed by atoms with van der Waals surface area (Å²) in [6.45, 7) is 0.256. The third kappa shape index (κ3) is 0.878. The molecule has 0 unspecified atom stereocenters. The van der Waals surface area contributed by atoms with Crippen molar-refractivity contribution in [2.24, 2.45) is 7.05 Å². The molecular weight excluding hydrogens is 140 g/mol. The number of rotatable bonds is 2. The van der Waals surface area contributed by atoms with Gasteiger partial charge < -0.3 is 9.67 Å². The quantitative estimate of drug-likeness (QED) is 0.668. The summed E-state index contributed by atoms with van der Waals surface area (Å²) >= 11 is 0. The van der Waals surface area contributed by atoms with Gasteiger partial charge in [0.15, 0.2) is 0 Å². The fourth-order valence-corrected chi connectivity index (χ4v) is 1.51. The lowest BCUT2D eigenvalue weighted by Crippen LogP contribution is -2.15. The van der Waals surface area contributed by atoms with E-state index in [1.165, 1.54) is 5.69 Å². The fraction of sp³-hybridized carbons (Fsp3) is 0.625. The Morgan fingerprint density at radius 2 is 2.45 bits per heavy atom. The van der Waals surface area contributed by atoms with E-state index in [0.29, 0.717) is 0 Å². The Bertz CT molecular complexity index is 263. The van der Waals surface area contributed by atoms with Crippen molar-refractivity contribution < 1.29 is 5.11 Å². The van der Waals surface area contributed by atoms with E-state index in [1.54, 1.807) is 6.33 Å². The zero-order valence-corrected chi connectivity index (χ0v) is 6.62. The molecule has 11 heavy (non-hydrogen) atoms. The molecule has 0 atom stereocenters. The summed E-state index contributed by atoms with van der Waals surface area (Å²) in [7, 11) is 1.97. The molecule has 0 aliphatic heterocycles. The van der Waals surface area contributed by atoms with Crippen LogP contribution in [-0.4, -0.2) is 21.3 Å². The summed E-state index contributed by atoms with van der Waals surface area (Å²) in [5.74, 6) is 0. The number of aliphatic hydroxyl groups is 1. The maximum atomic E-state index is 9.11. The van der Waals surface area contributed by atoms with Gasteiger partial charge in [0.2, 0.25) is 0 Å². The van der Waals surface area contributed by atoms with Crippen molar-refractivity contribution in [3.05, 3.63) is 18.2 Å². The highest BCUT2D eigenvalue weighted by Gasteiger charge is 2.45. The average molecular weight is 152 g/mol. The molecule has 1 aliphatic carbocycles. The minimum absolute atomic E-state index is 0.0608. The summed E-state index contributed by atoms with van der Waals surface area (Å²) in [4.78, 5) is 4.03. The van der Waals surface area contributed by atoms with Gasteiger partial charge in [0, 0.05) is 24.4 Å². The Morgan fingerprint density at radius 1 is 1.73 bits per heavy atom. The summed E-state index contributed by atoms with van der Waals surface area (Å²) in [5.41, 5.74) is 1.23. The van der Waals surface area contributed by atoms with Crippen LogP contribution in [0, 0.1) is 0 Å². The van der Waals surface area contributed by atoms with Gasteiger partial charge in [-0.15, -0.1) is 0 Å². The number of imidazole rings is 1. The SMILES string of the molecule is Cn1cncc1C1(CO)CC1. The molecule has 1 aromatic rings. The summed E-state index contributed by atoms with van der Waals surface area (Å²) in [6.07, 6.45) is 5.83. The zero-order chi connectivity index (χ0) is 7.90. The van der Waals surface area contributed by atoms with Gasteiger partial charge in [-0.2, -0.15) is 0 Å². The summed E-state index contributed by atoms with van der Waals surface area (Å²) < 4.78 is 1.99. The highest BCUT2D eigenvalue weighted by Crippen LogP contribution is 2.47. The van der Waals surface area contributed by atoms with Crippen LogP contribution in [0.4, 0.5) is 0 Å². The Labute approximate surface area is 65.7 Å². The van der Waals surface area contributed by atoms with Gasteiger partial charge >= 0.3 is 0 Å². The van der Waals surface area contributed by atoms with Gasteiger partial charge in [-0.05, 0) is 12.8 Å². The molecule has 1 heterocycles. The third-order valence-electron chi connectivity index (χ3n) is 2.52. The molecule has 3 nitrogen and oxygen atoms in total. The summed E-state index contributed by atoms with van der Waals surface area (Å²) in [6, 6.07) is 0. The van der Waals surface area contributed by atoms with E-state index in [0.717, 1.165) is 12.8 Å². The van der Waals surface area contributed by atoms with E-state index in [2.05, 4.69) is 4.98 Å². The number of aromatic nitrogens is 2. The minimum atomic E-state index is 0.0608. The normalized spacial score (nSPS) is 20.2. The topological polar surface area (TPSA) is 38.0 Å². The molecule has 0 aromatic carbocycles. The lowest BCUT2D eigenvalue weighted by molar-refractivity contribution is 0.250. The van der Waals surface area contributed by atoms with Gasteiger partial charge in [0.25, 0.3) is 0 Å². The molecule has 0 spiro atoms. The molecular formula is C8H12N2O. The van der Waals surface area contributed by atoms with Crippen molar-refractivity contribution in [3.63, 3.8) is 0 Å². The number of hydrogen-bond donors (Lipinski definition) is 1. The second kappa shape index (κ2) is 2.08. The maximum absolute atomic E-state index is 9.11. The van der Waals surface area contributed by atoms with E-state index in [1.807, 2.05) is 17.8 Å². The monoisotopic (exact) mass is 152 g/mol. The first-order valence-corrected chi connectivity index (χ1v) is 3.86. The summed E-state index contributed by atoms with van der Waals surface area (Å²) in [5, 5.41) is 9.11. The fourth-order valence-electron chi connectivity index (χ4n) is 1.51. The van der Waals surface area contributed by atoms with E-state index in [-0.39, 0.29) is 12.0 Å². The lowest BCUT2D eigenvalue weighted by Gasteiger charge is -2.11. The van der Waals surface area contributed by atoms with Crippen molar-refractivity contribution in [3.8, 4) is 0 Å². The molecule has 0 saturated heterocycles. The molecule has 1 aromatic heterocycles. The second-order valence-electron chi connectivity index (χ2n) is 3.33. The first kappa shape index (κ1) is 6.85. The van der Waals surface area contributed by atoms with Crippen LogP contribution in [0.1, 0.15) is 18.5 Å². The van der Waals surface area contributed by atoms with Crippen LogP contribution in [0.15, 0.2) is 12.5 Å². The standard InChI is InChI=1S/C8H12N2O/c1-10-6-9-4-7(10)8(5-11)2-3-8/h4,6,11H,2-3,5H2,1H3. The van der Waals surface area contributed by atoms with Crippen molar-refractivity contribution >= 4 is 0 Å². The molecule has 1 fully saturated rings. The minimum Gasteiger partial charge on any atom is -0.395 e. The second-order valence-corrected chi connectivity index (χ2v) is 3.33. The number of hydrogen-bond acceptors (Lipinski definition) is 2. The predicted octanol–water partition coefficient (Wildman–Crippen LogP) is 0.444. The Morgan fingerprint density at radius 3 is 2.82 bits per heavy atom. The highest BCUT2D eigenvalue weighted by atomic mass is 16.3. The van der Waals surface area contributed by atoms with E-state index in [4.69, 9.17) is 5.11 Å². The smallest absolute Gasteiger partial charge is 0.0945 e. The zero-order valence-electron chi connectivity index (χ0n) is 6.62. The van der Waals surface area contributed by atoms with Gasteiger partial charge in [-0.1, -0.05) is 0 Å². The molecule has 60 valence electrons. The number of nitrogens with zero attached hydrogens (tertiary/aromatic N) is 2. The molecule has 0 bridgehead atoms. The molecule has 0 amide bonds. The third-order valence-corrected chi connectivity index (χ3v) is 2.52. The van der Waals surface area contributed by atoms with E-state index >= 15 is 0 Å². The molecule has 1 N–H and O–H groups in total. The Kier molecular flexibility index (Phi) is 1.29. The lowest BCUT2D eigenvalue weighted by atomic mass is 10.1. The van der Waals surface area contributed by atoms with E-state index in [9.17, 15) is 0 Å². The van der Waals surface area contributed by atoms with Gasteiger partial charge in [-0.3, -0.25) is 0 Å².